The molecule has 0 aliphatic carbocycles. The van der Waals surface area contributed by atoms with Crippen LogP contribution in [0.3, 0.4) is 0 Å². The Balaban J connectivity index is 1.79. The Morgan fingerprint density at radius 2 is 2.07 bits per heavy atom. The summed E-state index contributed by atoms with van der Waals surface area (Å²) >= 11 is 5.78. The minimum Gasteiger partial charge on any atom is -0.491 e. The highest BCUT2D eigenvalue weighted by Gasteiger charge is 2.14. The zero-order valence-electron chi connectivity index (χ0n) is 8.62. The van der Waals surface area contributed by atoms with Crippen LogP contribution < -0.4 is 4.74 Å². The summed E-state index contributed by atoms with van der Waals surface area (Å²) in [6.07, 6.45) is 3.79. The highest BCUT2D eigenvalue weighted by Crippen LogP contribution is 2.18. The van der Waals surface area contributed by atoms with Gasteiger partial charge in [-0.25, -0.2) is 0 Å². The SMILES string of the molecule is Clc1ccc(OCC2CCCCO2)cc1. The van der Waals surface area contributed by atoms with Crippen molar-refractivity contribution in [1.82, 2.24) is 0 Å². The molecule has 0 spiro atoms. The average molecular weight is 227 g/mol. The smallest absolute Gasteiger partial charge is 0.119 e. The molecule has 0 bridgehead atoms. The predicted octanol–water partition coefficient (Wildman–Crippen LogP) is 3.29. The minimum absolute atomic E-state index is 0.259. The molecule has 15 heavy (non-hydrogen) atoms. The monoisotopic (exact) mass is 226 g/mol. The Kier molecular flexibility index (Phi) is 3.87. The molecule has 1 aliphatic heterocycles. The summed E-state index contributed by atoms with van der Waals surface area (Å²) in [5.74, 6) is 0.855. The molecule has 1 fully saturated rings. The van der Waals surface area contributed by atoms with Gasteiger partial charge < -0.3 is 9.47 Å². The molecule has 1 heterocycles. The van der Waals surface area contributed by atoms with Gasteiger partial charge in [0.1, 0.15) is 12.4 Å². The van der Waals surface area contributed by atoms with Gasteiger partial charge in [0.05, 0.1) is 6.10 Å². The molecule has 0 amide bonds. The van der Waals surface area contributed by atoms with E-state index in [0.717, 1.165) is 23.8 Å². The molecule has 1 saturated heterocycles. The van der Waals surface area contributed by atoms with Crippen molar-refractivity contribution in [2.45, 2.75) is 25.4 Å². The summed E-state index contributed by atoms with van der Waals surface area (Å²) in [5, 5.41) is 0.733. The summed E-state index contributed by atoms with van der Waals surface area (Å²) < 4.78 is 11.2. The first-order valence-corrected chi connectivity index (χ1v) is 5.72. The zero-order chi connectivity index (χ0) is 10.5. The van der Waals surface area contributed by atoms with Gasteiger partial charge in [0.25, 0.3) is 0 Å². The lowest BCUT2D eigenvalue weighted by atomic mass is 10.1. The molecule has 2 rings (SSSR count). The van der Waals surface area contributed by atoms with Crippen molar-refractivity contribution in [3.63, 3.8) is 0 Å². The quantitative estimate of drug-likeness (QED) is 0.788. The molecule has 0 aromatic heterocycles. The Labute approximate surface area is 95.1 Å². The maximum absolute atomic E-state index is 5.78. The van der Waals surface area contributed by atoms with E-state index >= 15 is 0 Å². The lowest BCUT2D eigenvalue weighted by Crippen LogP contribution is -2.25. The topological polar surface area (TPSA) is 18.5 Å². The van der Waals surface area contributed by atoms with E-state index in [4.69, 9.17) is 21.1 Å². The summed E-state index contributed by atoms with van der Waals surface area (Å²) in [6, 6.07) is 7.42. The van der Waals surface area contributed by atoms with Crippen LogP contribution >= 0.6 is 11.6 Å². The van der Waals surface area contributed by atoms with E-state index in [-0.39, 0.29) is 6.10 Å². The van der Waals surface area contributed by atoms with Gasteiger partial charge in [0, 0.05) is 11.6 Å². The maximum Gasteiger partial charge on any atom is 0.119 e. The first-order valence-electron chi connectivity index (χ1n) is 5.34. The second-order valence-electron chi connectivity index (χ2n) is 3.75. The average Bonchev–Trinajstić information content (AvgIpc) is 2.30. The Morgan fingerprint density at radius 1 is 1.27 bits per heavy atom. The minimum atomic E-state index is 0.259. The molecule has 0 saturated carbocycles. The van der Waals surface area contributed by atoms with E-state index in [1.807, 2.05) is 24.3 Å². The van der Waals surface area contributed by atoms with Crippen LogP contribution in [0.25, 0.3) is 0 Å². The first kappa shape index (κ1) is 10.8. The summed E-state index contributed by atoms with van der Waals surface area (Å²) in [5.41, 5.74) is 0. The Morgan fingerprint density at radius 3 is 2.73 bits per heavy atom. The van der Waals surface area contributed by atoms with Gasteiger partial charge in [-0.3, -0.25) is 0 Å². The maximum atomic E-state index is 5.78. The molecule has 3 heteroatoms. The molecular formula is C12H15ClO2. The van der Waals surface area contributed by atoms with E-state index in [1.54, 1.807) is 0 Å². The van der Waals surface area contributed by atoms with Crippen LogP contribution in [0.2, 0.25) is 5.02 Å². The second kappa shape index (κ2) is 5.38. The summed E-state index contributed by atoms with van der Waals surface area (Å²) in [6.45, 7) is 1.51. The molecule has 1 aliphatic rings. The van der Waals surface area contributed by atoms with Crippen LogP contribution in [0.5, 0.6) is 5.75 Å². The van der Waals surface area contributed by atoms with E-state index < -0.39 is 0 Å². The van der Waals surface area contributed by atoms with Gasteiger partial charge in [-0.05, 0) is 43.5 Å². The molecule has 1 unspecified atom stereocenters. The highest BCUT2D eigenvalue weighted by molar-refractivity contribution is 6.30. The van der Waals surface area contributed by atoms with Crippen molar-refractivity contribution in [2.75, 3.05) is 13.2 Å². The Hall–Kier alpha value is -0.730. The number of rotatable bonds is 3. The number of hydrogen-bond donors (Lipinski definition) is 0. The third kappa shape index (κ3) is 3.40. The van der Waals surface area contributed by atoms with Crippen molar-refractivity contribution in [1.29, 1.82) is 0 Å². The van der Waals surface area contributed by atoms with E-state index in [1.165, 1.54) is 12.8 Å². The van der Waals surface area contributed by atoms with Gasteiger partial charge in [-0.2, -0.15) is 0 Å². The second-order valence-corrected chi connectivity index (χ2v) is 4.19. The normalized spacial score (nSPS) is 21.3. The van der Waals surface area contributed by atoms with Crippen LogP contribution in [0.15, 0.2) is 24.3 Å². The van der Waals surface area contributed by atoms with E-state index in [2.05, 4.69) is 0 Å². The van der Waals surface area contributed by atoms with E-state index in [0.29, 0.717) is 6.61 Å². The molecule has 1 aromatic rings. The van der Waals surface area contributed by atoms with Gasteiger partial charge in [-0.15, -0.1) is 0 Å². The molecule has 1 atom stereocenters. The molecule has 1 aromatic carbocycles. The standard InChI is InChI=1S/C12H15ClO2/c13-10-4-6-11(7-5-10)15-9-12-3-1-2-8-14-12/h4-7,12H,1-3,8-9H2. The van der Waals surface area contributed by atoms with Gasteiger partial charge in [-0.1, -0.05) is 11.6 Å². The van der Waals surface area contributed by atoms with Crippen molar-refractivity contribution in [3.8, 4) is 5.75 Å². The van der Waals surface area contributed by atoms with E-state index in [9.17, 15) is 0 Å². The fraction of sp³-hybridized carbons (Fsp3) is 0.500. The molecule has 2 nitrogen and oxygen atoms in total. The summed E-state index contributed by atoms with van der Waals surface area (Å²) in [7, 11) is 0. The Bertz CT molecular complexity index is 291. The van der Waals surface area contributed by atoms with Crippen LogP contribution in [-0.2, 0) is 4.74 Å². The highest BCUT2D eigenvalue weighted by atomic mass is 35.5. The molecule has 0 radical (unpaired) electrons. The van der Waals surface area contributed by atoms with Crippen LogP contribution in [0.1, 0.15) is 19.3 Å². The lowest BCUT2D eigenvalue weighted by molar-refractivity contribution is -0.0110. The van der Waals surface area contributed by atoms with Crippen LogP contribution in [-0.4, -0.2) is 19.3 Å². The van der Waals surface area contributed by atoms with Crippen molar-refractivity contribution < 1.29 is 9.47 Å². The fourth-order valence-corrected chi connectivity index (χ4v) is 1.78. The van der Waals surface area contributed by atoms with Gasteiger partial charge in [0.2, 0.25) is 0 Å². The van der Waals surface area contributed by atoms with Gasteiger partial charge in [0.15, 0.2) is 0 Å². The lowest BCUT2D eigenvalue weighted by Gasteiger charge is -2.22. The van der Waals surface area contributed by atoms with Gasteiger partial charge >= 0.3 is 0 Å². The van der Waals surface area contributed by atoms with Crippen LogP contribution in [0, 0.1) is 0 Å². The number of benzene rings is 1. The molecule has 82 valence electrons. The van der Waals surface area contributed by atoms with Crippen molar-refractivity contribution in [2.24, 2.45) is 0 Å². The van der Waals surface area contributed by atoms with Crippen molar-refractivity contribution >= 4 is 11.6 Å². The molecular weight excluding hydrogens is 212 g/mol. The predicted molar refractivity (Wildman–Crippen MR) is 60.5 cm³/mol. The zero-order valence-corrected chi connectivity index (χ0v) is 9.37. The van der Waals surface area contributed by atoms with Crippen molar-refractivity contribution in [3.05, 3.63) is 29.3 Å². The third-order valence-electron chi connectivity index (χ3n) is 2.52. The largest absolute Gasteiger partial charge is 0.491 e. The number of hydrogen-bond acceptors (Lipinski definition) is 2. The third-order valence-corrected chi connectivity index (χ3v) is 2.78. The number of ether oxygens (including phenoxy) is 2. The summed E-state index contributed by atoms with van der Waals surface area (Å²) in [4.78, 5) is 0. The molecule has 0 N–H and O–H groups in total. The first-order chi connectivity index (χ1) is 7.34. The number of halogens is 1. The fourth-order valence-electron chi connectivity index (χ4n) is 1.66. The van der Waals surface area contributed by atoms with Crippen LogP contribution in [0.4, 0.5) is 0 Å².